The number of rotatable bonds is 14. The van der Waals surface area contributed by atoms with Crippen molar-refractivity contribution in [2.24, 2.45) is 0 Å². The van der Waals surface area contributed by atoms with E-state index in [2.05, 4.69) is 98.3 Å². The molecular weight excluding hydrogens is 424 g/mol. The first-order valence-corrected chi connectivity index (χ1v) is 14.3. The topological polar surface area (TPSA) is 35.5 Å². The molecule has 0 fully saturated rings. The van der Waals surface area contributed by atoms with Gasteiger partial charge in [-0.25, -0.2) is 0 Å². The van der Waals surface area contributed by atoms with Gasteiger partial charge in [0.05, 0.1) is 7.11 Å². The predicted octanol–water partition coefficient (Wildman–Crippen LogP) is 6.41. The van der Waals surface area contributed by atoms with Crippen LogP contribution in [-0.2, 0) is 14.0 Å². The number of unbranched alkanes of at least 4 members (excludes halogenated alkanes) is 5. The van der Waals surface area contributed by atoms with Gasteiger partial charge in [0.2, 0.25) is 0 Å². The van der Waals surface area contributed by atoms with E-state index < -0.39 is 8.32 Å². The van der Waals surface area contributed by atoms with Crippen LogP contribution in [0.5, 0.6) is 0 Å². The van der Waals surface area contributed by atoms with Crippen molar-refractivity contribution < 1.29 is 14.0 Å². The van der Waals surface area contributed by atoms with Gasteiger partial charge in [-0.1, -0.05) is 100 Å². The van der Waals surface area contributed by atoms with E-state index in [1.807, 2.05) is 0 Å². The molecule has 0 aliphatic rings. The van der Waals surface area contributed by atoms with Gasteiger partial charge in [0.1, 0.15) is 0 Å². The molecule has 3 nitrogen and oxygen atoms in total. The molecule has 4 heteroatoms. The van der Waals surface area contributed by atoms with Crippen molar-refractivity contribution in [2.75, 3.05) is 13.7 Å². The number of carbonyl (C=O) groups is 1. The van der Waals surface area contributed by atoms with E-state index in [9.17, 15) is 4.79 Å². The summed E-state index contributed by atoms with van der Waals surface area (Å²) in [7, 11) is -0.956. The highest BCUT2D eigenvalue weighted by molar-refractivity contribution is 6.99. The van der Waals surface area contributed by atoms with E-state index in [4.69, 9.17) is 4.43 Å². The van der Waals surface area contributed by atoms with Crippen LogP contribution in [0.3, 0.4) is 0 Å². The zero-order valence-corrected chi connectivity index (χ0v) is 22.0. The molecule has 0 radical (unpaired) electrons. The Labute approximate surface area is 202 Å². The Hall–Kier alpha value is -2.17. The first-order chi connectivity index (χ1) is 15.9. The number of methoxy groups -OCH3 is 1. The summed E-state index contributed by atoms with van der Waals surface area (Å²) in [6.07, 6.45) is 12.6. The second-order valence-electron chi connectivity index (χ2n) is 9.65. The van der Waals surface area contributed by atoms with Crippen molar-refractivity contribution in [1.82, 2.24) is 0 Å². The van der Waals surface area contributed by atoms with E-state index in [1.54, 1.807) is 0 Å². The standard InChI is InChI=1S/C29H42O3Si/c1-29(2,3)33(26-20-14-12-15-21-26,27-22-16-13-17-23-27)32-25-19-11-9-7-5-6-8-10-18-24-28(30)31-4/h5,7,12-17,20-23H,6,8-11,18-19,24-25H2,1-4H3/b7-5-. The van der Waals surface area contributed by atoms with Crippen LogP contribution in [0.4, 0.5) is 0 Å². The Morgan fingerprint density at radius 1 is 0.788 bits per heavy atom. The van der Waals surface area contributed by atoms with Crippen LogP contribution < -0.4 is 10.4 Å². The van der Waals surface area contributed by atoms with E-state index in [-0.39, 0.29) is 11.0 Å². The van der Waals surface area contributed by atoms with E-state index >= 15 is 0 Å². The summed E-state index contributed by atoms with van der Waals surface area (Å²) in [5.41, 5.74) is 0. The minimum atomic E-state index is -2.41. The fourth-order valence-corrected chi connectivity index (χ4v) is 9.00. The SMILES string of the molecule is COC(=O)CCCCC/C=C\CCCCO[Si](c1ccccc1)(c1ccccc1)C(C)(C)C. The second kappa shape index (κ2) is 14.2. The van der Waals surface area contributed by atoms with Crippen molar-refractivity contribution in [3.8, 4) is 0 Å². The monoisotopic (exact) mass is 466 g/mol. The Balaban J connectivity index is 1.85. The van der Waals surface area contributed by atoms with Crippen LogP contribution in [-0.4, -0.2) is 28.0 Å². The molecule has 0 heterocycles. The van der Waals surface area contributed by atoms with Crippen LogP contribution in [0, 0.1) is 0 Å². The molecule has 0 spiro atoms. The van der Waals surface area contributed by atoms with Gasteiger partial charge in [0.15, 0.2) is 0 Å². The number of ether oxygens (including phenoxy) is 1. The van der Waals surface area contributed by atoms with Gasteiger partial charge in [-0.3, -0.25) is 4.79 Å². The van der Waals surface area contributed by atoms with E-state index in [1.165, 1.54) is 17.5 Å². The second-order valence-corrected chi connectivity index (χ2v) is 14.0. The van der Waals surface area contributed by atoms with Crippen molar-refractivity contribution >= 4 is 24.7 Å². The average molecular weight is 467 g/mol. The summed E-state index contributed by atoms with van der Waals surface area (Å²) in [5, 5.41) is 2.72. The van der Waals surface area contributed by atoms with E-state index in [0.717, 1.165) is 51.6 Å². The van der Waals surface area contributed by atoms with Gasteiger partial charge in [0, 0.05) is 13.0 Å². The molecule has 0 aliphatic carbocycles. The summed E-state index contributed by atoms with van der Waals surface area (Å²) in [6.45, 7) is 7.77. The Kier molecular flexibility index (Phi) is 11.6. The van der Waals surface area contributed by atoms with Crippen LogP contribution in [0.15, 0.2) is 72.8 Å². The molecule has 0 saturated carbocycles. The number of allylic oxidation sites excluding steroid dienone is 2. The van der Waals surface area contributed by atoms with Gasteiger partial charge in [-0.15, -0.1) is 0 Å². The first-order valence-electron chi connectivity index (χ1n) is 12.4. The molecule has 0 N–H and O–H groups in total. The molecule has 0 bridgehead atoms. The summed E-state index contributed by atoms with van der Waals surface area (Å²) >= 11 is 0. The molecular formula is C29H42O3Si. The molecule has 0 saturated heterocycles. The van der Waals surface area contributed by atoms with E-state index in [0.29, 0.717) is 6.42 Å². The highest BCUT2D eigenvalue weighted by atomic mass is 28.4. The normalized spacial score (nSPS) is 12.2. The number of esters is 1. The average Bonchev–Trinajstić information content (AvgIpc) is 2.82. The van der Waals surface area contributed by atoms with Gasteiger partial charge >= 0.3 is 5.97 Å². The minimum Gasteiger partial charge on any atom is -0.469 e. The fourth-order valence-electron chi connectivity index (χ4n) is 4.40. The smallest absolute Gasteiger partial charge is 0.305 e. The quantitative estimate of drug-likeness (QED) is 0.140. The summed E-state index contributed by atoms with van der Waals surface area (Å²) < 4.78 is 11.6. The molecule has 0 unspecified atom stereocenters. The molecule has 0 aromatic heterocycles. The highest BCUT2D eigenvalue weighted by Crippen LogP contribution is 2.36. The van der Waals surface area contributed by atoms with Crippen LogP contribution >= 0.6 is 0 Å². The third-order valence-corrected chi connectivity index (χ3v) is 11.2. The maximum atomic E-state index is 11.1. The van der Waals surface area contributed by atoms with Crippen molar-refractivity contribution in [3.63, 3.8) is 0 Å². The Morgan fingerprint density at radius 2 is 1.30 bits per heavy atom. The molecule has 0 amide bonds. The zero-order valence-electron chi connectivity index (χ0n) is 21.0. The lowest BCUT2D eigenvalue weighted by molar-refractivity contribution is -0.140. The summed E-state index contributed by atoms with van der Waals surface area (Å²) in [4.78, 5) is 11.1. The van der Waals surface area contributed by atoms with Crippen LogP contribution in [0.2, 0.25) is 5.04 Å². The Bertz CT molecular complexity index is 785. The third-order valence-electron chi connectivity index (χ3n) is 6.15. The lowest BCUT2D eigenvalue weighted by atomic mass is 10.1. The third kappa shape index (κ3) is 8.28. The van der Waals surface area contributed by atoms with Crippen molar-refractivity contribution in [3.05, 3.63) is 72.8 Å². The molecule has 0 atom stereocenters. The molecule has 180 valence electrons. The highest BCUT2D eigenvalue weighted by Gasteiger charge is 2.49. The molecule has 2 rings (SSSR count). The van der Waals surface area contributed by atoms with Crippen LogP contribution in [0.25, 0.3) is 0 Å². The van der Waals surface area contributed by atoms with Crippen LogP contribution in [0.1, 0.15) is 72.1 Å². The summed E-state index contributed by atoms with van der Waals surface area (Å²) in [6, 6.07) is 21.7. The lowest BCUT2D eigenvalue weighted by Crippen LogP contribution is -2.66. The molecule has 0 aliphatic heterocycles. The van der Waals surface area contributed by atoms with Gasteiger partial charge in [-0.05, 0) is 53.9 Å². The number of carbonyl (C=O) groups excluding carboxylic acids is 1. The minimum absolute atomic E-state index is 0.0312. The van der Waals surface area contributed by atoms with Gasteiger partial charge in [0.25, 0.3) is 8.32 Å². The number of benzene rings is 2. The largest absolute Gasteiger partial charge is 0.469 e. The Morgan fingerprint density at radius 3 is 1.79 bits per heavy atom. The van der Waals surface area contributed by atoms with Crippen molar-refractivity contribution in [2.45, 2.75) is 77.2 Å². The number of hydrogen-bond donors (Lipinski definition) is 0. The van der Waals surface area contributed by atoms with Crippen molar-refractivity contribution in [1.29, 1.82) is 0 Å². The maximum absolute atomic E-state index is 11.1. The maximum Gasteiger partial charge on any atom is 0.305 e. The molecule has 2 aromatic rings. The molecule has 2 aromatic carbocycles. The van der Waals surface area contributed by atoms with Gasteiger partial charge in [-0.2, -0.15) is 0 Å². The number of hydrogen-bond acceptors (Lipinski definition) is 3. The lowest BCUT2D eigenvalue weighted by Gasteiger charge is -2.43. The fraction of sp³-hybridized carbons (Fsp3) is 0.483. The molecule has 33 heavy (non-hydrogen) atoms. The van der Waals surface area contributed by atoms with Gasteiger partial charge < -0.3 is 9.16 Å². The zero-order chi connectivity index (χ0) is 24.0. The predicted molar refractivity (Wildman–Crippen MR) is 142 cm³/mol. The first kappa shape index (κ1) is 27.1. The summed E-state index contributed by atoms with van der Waals surface area (Å²) in [5.74, 6) is -0.106.